The van der Waals surface area contributed by atoms with E-state index in [0.717, 1.165) is 0 Å². The summed E-state index contributed by atoms with van der Waals surface area (Å²) in [5.41, 5.74) is 4.63. The lowest BCUT2D eigenvalue weighted by molar-refractivity contribution is 0.0357. The molecule has 0 spiro atoms. The Bertz CT molecular complexity index is 373. The Morgan fingerprint density at radius 3 is 2.94 bits per heavy atom. The van der Waals surface area contributed by atoms with E-state index in [0.29, 0.717) is 25.4 Å². The molecule has 0 saturated carbocycles. The third-order valence-corrected chi connectivity index (χ3v) is 2.67. The molecule has 1 rings (SSSR count). The number of ether oxygens (including phenoxy) is 1. The summed E-state index contributed by atoms with van der Waals surface area (Å²) in [6, 6.07) is 0. The summed E-state index contributed by atoms with van der Waals surface area (Å²) in [7, 11) is 1.59. The smallest absolute Gasteiger partial charge is 0.150 e. The maximum atomic E-state index is 10.0. The second-order valence-corrected chi connectivity index (χ2v) is 4.39. The lowest BCUT2D eigenvalue weighted by Crippen LogP contribution is -2.35. The van der Waals surface area contributed by atoms with E-state index in [9.17, 15) is 5.11 Å². The van der Waals surface area contributed by atoms with Crippen molar-refractivity contribution in [2.75, 3.05) is 31.3 Å². The number of rotatable bonds is 6. The number of anilines is 2. The summed E-state index contributed by atoms with van der Waals surface area (Å²) in [5, 5.41) is 13.2. The van der Waals surface area contributed by atoms with Gasteiger partial charge in [-0.25, -0.2) is 9.97 Å². The number of hydrogen-bond acceptors (Lipinski definition) is 6. The van der Waals surface area contributed by atoms with Gasteiger partial charge in [-0.2, -0.15) is 0 Å². The van der Waals surface area contributed by atoms with Crippen molar-refractivity contribution in [2.24, 2.45) is 0 Å². The molecule has 0 aliphatic rings. The molecule has 1 heterocycles. The molecule has 4 N–H and O–H groups in total. The minimum absolute atomic E-state index is 0.209. The molecule has 6 nitrogen and oxygen atoms in total. The van der Waals surface area contributed by atoms with Crippen molar-refractivity contribution in [1.82, 2.24) is 9.97 Å². The molecular weight excluding hydrogens is 244 g/mol. The van der Waals surface area contributed by atoms with Crippen LogP contribution < -0.4 is 11.1 Å². The van der Waals surface area contributed by atoms with Gasteiger partial charge in [0.2, 0.25) is 0 Å². The van der Waals surface area contributed by atoms with Gasteiger partial charge >= 0.3 is 0 Å². The third kappa shape index (κ3) is 4.33. The monoisotopic (exact) mass is 260 g/mol. The van der Waals surface area contributed by atoms with Crippen LogP contribution in [0.25, 0.3) is 0 Å². The maximum Gasteiger partial charge on any atom is 0.150 e. The first-order chi connectivity index (χ1) is 7.96. The molecule has 0 bridgehead atoms. The zero-order chi connectivity index (χ0) is 12.9. The first kappa shape index (κ1) is 14.0. The first-order valence-electron chi connectivity index (χ1n) is 5.17. The number of aliphatic hydroxyl groups is 1. The van der Waals surface area contributed by atoms with Crippen molar-refractivity contribution in [2.45, 2.75) is 18.9 Å². The molecule has 1 unspecified atom stereocenters. The Morgan fingerprint density at radius 2 is 2.29 bits per heavy atom. The van der Waals surface area contributed by atoms with Gasteiger partial charge in [-0.1, -0.05) is 11.6 Å². The zero-order valence-electron chi connectivity index (χ0n) is 9.90. The molecule has 0 fully saturated rings. The summed E-state index contributed by atoms with van der Waals surface area (Å²) < 4.78 is 4.91. The lowest BCUT2D eigenvalue weighted by atomic mass is 10.0. The van der Waals surface area contributed by atoms with E-state index in [2.05, 4.69) is 15.3 Å². The van der Waals surface area contributed by atoms with E-state index >= 15 is 0 Å². The SMILES string of the molecule is COCCC(C)(O)CNc1ncnc(N)c1Cl. The van der Waals surface area contributed by atoms with Crippen molar-refractivity contribution in [3.8, 4) is 0 Å². The minimum Gasteiger partial charge on any atom is -0.388 e. The number of nitrogens with one attached hydrogen (secondary N) is 1. The van der Waals surface area contributed by atoms with Gasteiger partial charge in [0.15, 0.2) is 5.82 Å². The van der Waals surface area contributed by atoms with Crippen LogP contribution in [0.5, 0.6) is 0 Å². The summed E-state index contributed by atoms with van der Waals surface area (Å²) in [4.78, 5) is 7.69. The molecule has 7 heteroatoms. The average molecular weight is 261 g/mol. The van der Waals surface area contributed by atoms with Crippen LogP contribution in [-0.4, -0.2) is 40.9 Å². The molecule has 0 aliphatic heterocycles. The van der Waals surface area contributed by atoms with Crippen LogP contribution in [0.4, 0.5) is 11.6 Å². The Labute approximate surface area is 105 Å². The van der Waals surface area contributed by atoms with Gasteiger partial charge in [0.25, 0.3) is 0 Å². The highest BCUT2D eigenvalue weighted by Gasteiger charge is 2.20. The Morgan fingerprint density at radius 1 is 1.59 bits per heavy atom. The summed E-state index contributed by atoms with van der Waals surface area (Å²) >= 11 is 5.91. The van der Waals surface area contributed by atoms with Gasteiger partial charge in [0.05, 0.1) is 5.60 Å². The molecule has 0 saturated heterocycles. The predicted molar refractivity (Wildman–Crippen MR) is 67.1 cm³/mol. The topological polar surface area (TPSA) is 93.3 Å². The van der Waals surface area contributed by atoms with E-state index in [1.54, 1.807) is 14.0 Å². The van der Waals surface area contributed by atoms with Crippen LogP contribution >= 0.6 is 11.6 Å². The Balaban J connectivity index is 2.58. The summed E-state index contributed by atoms with van der Waals surface area (Å²) in [6.45, 7) is 2.48. The van der Waals surface area contributed by atoms with Gasteiger partial charge in [-0.15, -0.1) is 0 Å². The quantitative estimate of drug-likeness (QED) is 0.704. The molecule has 0 amide bonds. The number of nitrogens with two attached hydrogens (primary N) is 1. The van der Waals surface area contributed by atoms with E-state index < -0.39 is 5.60 Å². The van der Waals surface area contributed by atoms with E-state index in [-0.39, 0.29) is 10.8 Å². The first-order valence-corrected chi connectivity index (χ1v) is 5.55. The number of aromatic nitrogens is 2. The van der Waals surface area contributed by atoms with Crippen molar-refractivity contribution in [3.05, 3.63) is 11.3 Å². The van der Waals surface area contributed by atoms with Gasteiger partial charge < -0.3 is 20.9 Å². The van der Waals surface area contributed by atoms with Gasteiger partial charge in [0.1, 0.15) is 17.2 Å². The number of methoxy groups -OCH3 is 1. The number of nitrogens with zero attached hydrogens (tertiary/aromatic N) is 2. The second kappa shape index (κ2) is 6.00. The molecule has 0 radical (unpaired) electrons. The molecule has 0 aliphatic carbocycles. The maximum absolute atomic E-state index is 10.0. The van der Waals surface area contributed by atoms with Gasteiger partial charge in [0, 0.05) is 26.7 Å². The molecule has 96 valence electrons. The van der Waals surface area contributed by atoms with E-state index in [1.807, 2.05) is 0 Å². The molecule has 1 atom stereocenters. The lowest BCUT2D eigenvalue weighted by Gasteiger charge is -2.23. The second-order valence-electron chi connectivity index (χ2n) is 4.01. The van der Waals surface area contributed by atoms with Crippen LogP contribution in [0.15, 0.2) is 6.33 Å². The summed E-state index contributed by atoms with van der Waals surface area (Å²) in [5.74, 6) is 0.623. The van der Waals surface area contributed by atoms with Gasteiger partial charge in [-0.3, -0.25) is 0 Å². The predicted octanol–water partition coefficient (Wildman–Crippen LogP) is 0.912. The highest BCUT2D eigenvalue weighted by Crippen LogP contribution is 2.23. The standard InChI is InChI=1S/C10H17ClN4O2/c1-10(16,3-4-17-2)5-13-9-7(11)8(12)14-6-15-9/h6,16H,3-5H2,1-2H3,(H3,12,13,14,15). The molecular formula is C10H17ClN4O2. The fourth-order valence-corrected chi connectivity index (χ4v) is 1.36. The fraction of sp³-hybridized carbons (Fsp3) is 0.600. The average Bonchev–Trinajstić information content (AvgIpc) is 2.29. The number of nitrogen functional groups attached to an aromatic ring is 1. The van der Waals surface area contributed by atoms with Crippen LogP contribution in [0, 0.1) is 0 Å². The van der Waals surface area contributed by atoms with Crippen molar-refractivity contribution in [3.63, 3.8) is 0 Å². The highest BCUT2D eigenvalue weighted by atomic mass is 35.5. The molecule has 0 aromatic carbocycles. The number of halogens is 1. The normalized spacial score (nSPS) is 14.4. The zero-order valence-corrected chi connectivity index (χ0v) is 10.7. The van der Waals surface area contributed by atoms with Crippen molar-refractivity contribution < 1.29 is 9.84 Å². The third-order valence-electron chi connectivity index (χ3n) is 2.30. The fourth-order valence-electron chi connectivity index (χ4n) is 1.19. The van der Waals surface area contributed by atoms with Crippen LogP contribution in [0.1, 0.15) is 13.3 Å². The van der Waals surface area contributed by atoms with Crippen molar-refractivity contribution in [1.29, 1.82) is 0 Å². The Kier molecular flexibility index (Phi) is 4.92. The van der Waals surface area contributed by atoms with Gasteiger partial charge in [-0.05, 0) is 6.92 Å². The van der Waals surface area contributed by atoms with Crippen LogP contribution in [-0.2, 0) is 4.74 Å². The minimum atomic E-state index is -0.904. The molecule has 17 heavy (non-hydrogen) atoms. The molecule has 1 aromatic rings. The highest BCUT2D eigenvalue weighted by molar-refractivity contribution is 6.35. The number of hydrogen-bond donors (Lipinski definition) is 3. The summed E-state index contributed by atoms with van der Waals surface area (Å²) in [6.07, 6.45) is 1.82. The van der Waals surface area contributed by atoms with Crippen LogP contribution in [0.3, 0.4) is 0 Å². The Hall–Kier alpha value is -1.11. The van der Waals surface area contributed by atoms with E-state index in [1.165, 1.54) is 6.33 Å². The largest absolute Gasteiger partial charge is 0.388 e. The van der Waals surface area contributed by atoms with E-state index in [4.69, 9.17) is 22.1 Å². The van der Waals surface area contributed by atoms with Crippen LogP contribution in [0.2, 0.25) is 5.02 Å². The van der Waals surface area contributed by atoms with Crippen molar-refractivity contribution >= 4 is 23.2 Å². The molecule has 1 aromatic heterocycles.